The summed E-state index contributed by atoms with van der Waals surface area (Å²) in [4.78, 5) is 34.0. The predicted molar refractivity (Wildman–Crippen MR) is 59.1 cm³/mol. The van der Waals surface area contributed by atoms with Gasteiger partial charge in [-0.25, -0.2) is 0 Å². The number of benzene rings is 1. The van der Waals surface area contributed by atoms with Crippen molar-refractivity contribution < 1.29 is 32.9 Å². The predicted octanol–water partition coefficient (Wildman–Crippen LogP) is 0.803. The molecule has 0 spiro atoms. The van der Waals surface area contributed by atoms with Crippen LogP contribution in [0.1, 0.15) is 23.2 Å². The molecule has 1 unspecified atom stereocenters. The third-order valence-corrected chi connectivity index (χ3v) is 2.42. The number of amides is 3. The summed E-state index contributed by atoms with van der Waals surface area (Å²) < 4.78 is 0. The van der Waals surface area contributed by atoms with Crippen molar-refractivity contribution in [3.05, 3.63) is 41.2 Å². The van der Waals surface area contributed by atoms with E-state index in [1.54, 1.807) is 24.3 Å². The summed E-state index contributed by atoms with van der Waals surface area (Å²) in [5.41, 5.74) is 0.317. The summed E-state index contributed by atoms with van der Waals surface area (Å²) in [6, 6.07) is 8.59. The molecule has 1 fully saturated rings. The second-order valence-electron chi connectivity index (χ2n) is 3.68. The molecule has 1 aliphatic heterocycles. The Bertz CT molecular complexity index is 462. The smallest absolute Gasteiger partial charge is 0.684 e. The molecular weight excluding hydrogens is 271 g/mol. The van der Waals surface area contributed by atoms with Gasteiger partial charge < -0.3 is 10.1 Å². The third kappa shape index (κ3) is 3.45. The monoisotopic (exact) mass is 281 g/mol. The molecule has 1 radical (unpaired) electrons. The van der Waals surface area contributed by atoms with E-state index in [1.165, 1.54) is 0 Å². The molecule has 1 N–H and O–H groups in total. The number of carbonyl (C=O) groups excluding carboxylic acids is 3. The van der Waals surface area contributed by atoms with Crippen LogP contribution in [0, 0.1) is 6.07 Å². The summed E-state index contributed by atoms with van der Waals surface area (Å²) >= 11 is 0. The van der Waals surface area contributed by atoms with E-state index in [4.69, 9.17) is 0 Å². The molecule has 1 aliphatic rings. The van der Waals surface area contributed by atoms with Crippen LogP contribution in [-0.2, 0) is 28.1 Å². The molecular formula is C12H10N2O3V. The minimum atomic E-state index is -0.770. The fourth-order valence-corrected chi connectivity index (χ4v) is 1.54. The van der Waals surface area contributed by atoms with Gasteiger partial charge >= 0.3 is 18.6 Å². The maximum absolute atomic E-state index is 11.7. The molecule has 6 heteroatoms. The first kappa shape index (κ1) is 14.5. The molecule has 1 saturated heterocycles. The number of nitrogens with one attached hydrogen (secondary N) is 1. The molecule has 0 bridgehead atoms. The van der Waals surface area contributed by atoms with Gasteiger partial charge in [-0.2, -0.15) is 0 Å². The average molecular weight is 281 g/mol. The third-order valence-electron chi connectivity index (χ3n) is 2.42. The summed E-state index contributed by atoms with van der Waals surface area (Å²) in [5, 5.41) is 5.94. The topological polar surface area (TPSA) is 77.3 Å². The van der Waals surface area contributed by atoms with Gasteiger partial charge in [0, 0.05) is 6.42 Å². The Morgan fingerprint density at radius 2 is 2.17 bits per heavy atom. The number of imide groups is 1. The first-order chi connectivity index (χ1) is 8.16. The van der Waals surface area contributed by atoms with Gasteiger partial charge in [-0.1, -0.05) is 0 Å². The van der Waals surface area contributed by atoms with Gasteiger partial charge in [-0.15, -0.1) is 35.9 Å². The van der Waals surface area contributed by atoms with Crippen molar-refractivity contribution in [2.75, 3.05) is 0 Å². The molecule has 91 valence electrons. The summed E-state index contributed by atoms with van der Waals surface area (Å²) in [5.74, 6) is -1.31. The zero-order valence-electron chi connectivity index (χ0n) is 9.42. The second kappa shape index (κ2) is 6.37. The largest absolute Gasteiger partial charge is 2.00 e. The van der Waals surface area contributed by atoms with E-state index >= 15 is 0 Å². The van der Waals surface area contributed by atoms with Crippen LogP contribution in [0.2, 0.25) is 0 Å². The van der Waals surface area contributed by atoms with Crippen LogP contribution in [0.3, 0.4) is 0 Å². The number of hydrogen-bond donors (Lipinski definition) is 1. The maximum Gasteiger partial charge on any atom is 2.00 e. The quantitative estimate of drug-likeness (QED) is 0.643. The van der Waals surface area contributed by atoms with Crippen LogP contribution in [-0.4, -0.2) is 23.8 Å². The first-order valence-electron chi connectivity index (χ1n) is 5.22. The number of rotatable bonds is 2. The molecule has 0 aromatic heterocycles. The van der Waals surface area contributed by atoms with Crippen molar-refractivity contribution in [2.24, 2.45) is 0 Å². The van der Waals surface area contributed by atoms with Gasteiger partial charge in [0.2, 0.25) is 11.8 Å². The molecule has 1 aromatic rings. The Labute approximate surface area is 116 Å². The Hall–Kier alpha value is -1.59. The zero-order valence-corrected chi connectivity index (χ0v) is 10.8. The van der Waals surface area contributed by atoms with Gasteiger partial charge in [0.05, 0.1) is 0 Å². The van der Waals surface area contributed by atoms with Crippen molar-refractivity contribution >= 4 is 17.7 Å². The van der Waals surface area contributed by atoms with Crippen molar-refractivity contribution in [3.8, 4) is 0 Å². The van der Waals surface area contributed by atoms with Crippen LogP contribution >= 0.6 is 0 Å². The van der Waals surface area contributed by atoms with E-state index in [2.05, 4.69) is 16.7 Å². The first-order valence-corrected chi connectivity index (χ1v) is 5.22. The summed E-state index contributed by atoms with van der Waals surface area (Å²) in [6.07, 6.45) is 0.495. The van der Waals surface area contributed by atoms with Gasteiger partial charge in [0.25, 0.3) is 0 Å². The SMILES string of the molecule is O=C1CCC([N-]C(=O)c2[c-]cccc2)C(=O)N1.[V+2]. The van der Waals surface area contributed by atoms with Crippen molar-refractivity contribution in [1.29, 1.82) is 0 Å². The summed E-state index contributed by atoms with van der Waals surface area (Å²) in [7, 11) is 0. The molecule has 18 heavy (non-hydrogen) atoms. The number of carbonyl (C=O) groups is 3. The van der Waals surface area contributed by atoms with Crippen LogP contribution in [0.4, 0.5) is 0 Å². The van der Waals surface area contributed by atoms with Crippen LogP contribution in [0.5, 0.6) is 0 Å². The fourth-order valence-electron chi connectivity index (χ4n) is 1.54. The minimum absolute atomic E-state index is 0. The normalized spacial score (nSPS) is 18.6. The molecule has 1 heterocycles. The van der Waals surface area contributed by atoms with Crippen LogP contribution < -0.4 is 5.32 Å². The Morgan fingerprint density at radius 1 is 1.39 bits per heavy atom. The van der Waals surface area contributed by atoms with Crippen LogP contribution in [0.15, 0.2) is 24.3 Å². The standard InChI is InChI=1S/C12H11N2O3.V/c15-10-7-6-9(12(17)14-10)13-11(16)8-4-2-1-3-5-8;/h1-4,9H,6-7H2,(H2,13,14,15,16,17);/q-1;+2/p-1. The van der Waals surface area contributed by atoms with Crippen LogP contribution in [0.25, 0.3) is 5.32 Å². The molecule has 2 rings (SSSR count). The zero-order chi connectivity index (χ0) is 12.3. The van der Waals surface area contributed by atoms with Gasteiger partial charge in [0.1, 0.15) is 0 Å². The number of nitrogens with zero attached hydrogens (tertiary/aromatic N) is 1. The van der Waals surface area contributed by atoms with Gasteiger partial charge in [0.15, 0.2) is 0 Å². The van der Waals surface area contributed by atoms with E-state index in [-0.39, 0.29) is 37.3 Å². The van der Waals surface area contributed by atoms with E-state index in [0.29, 0.717) is 5.56 Å². The molecule has 5 nitrogen and oxygen atoms in total. The van der Waals surface area contributed by atoms with Crippen molar-refractivity contribution in [3.63, 3.8) is 0 Å². The number of hydrogen-bond acceptors (Lipinski definition) is 3. The van der Waals surface area contributed by atoms with Gasteiger partial charge in [-0.3, -0.25) is 14.9 Å². The minimum Gasteiger partial charge on any atom is -0.684 e. The molecule has 3 amide bonds. The van der Waals surface area contributed by atoms with E-state index in [9.17, 15) is 14.4 Å². The van der Waals surface area contributed by atoms with Gasteiger partial charge in [-0.05, 0) is 18.4 Å². The van der Waals surface area contributed by atoms with Crippen molar-refractivity contribution in [2.45, 2.75) is 18.9 Å². The molecule has 1 aromatic carbocycles. The maximum atomic E-state index is 11.7. The summed E-state index contributed by atoms with van der Waals surface area (Å²) in [6.45, 7) is 0. The molecule has 0 aliphatic carbocycles. The average Bonchev–Trinajstić information content (AvgIpc) is 2.34. The Morgan fingerprint density at radius 3 is 2.78 bits per heavy atom. The number of piperidine rings is 1. The van der Waals surface area contributed by atoms with E-state index < -0.39 is 17.9 Å². The second-order valence-corrected chi connectivity index (χ2v) is 3.68. The van der Waals surface area contributed by atoms with E-state index in [1.807, 2.05) is 0 Å². The van der Waals surface area contributed by atoms with Crippen molar-refractivity contribution in [1.82, 2.24) is 5.32 Å². The Balaban J connectivity index is 0.00000162. The molecule has 0 saturated carbocycles. The fraction of sp³-hybridized carbons (Fsp3) is 0.250. The Kier molecular flexibility index (Phi) is 5.13. The van der Waals surface area contributed by atoms with E-state index in [0.717, 1.165) is 0 Å². The molecule has 1 atom stereocenters.